The lowest BCUT2D eigenvalue weighted by Crippen LogP contribution is -2.40. The molecule has 0 spiro atoms. The summed E-state index contributed by atoms with van der Waals surface area (Å²) in [5.41, 5.74) is 5.18. The van der Waals surface area contributed by atoms with Gasteiger partial charge in [0.05, 0.1) is 17.5 Å². The van der Waals surface area contributed by atoms with Crippen LogP contribution in [-0.2, 0) is 11.3 Å². The number of carboxylic acids is 1. The van der Waals surface area contributed by atoms with Gasteiger partial charge in [-0.15, -0.1) is 0 Å². The molecule has 0 aliphatic heterocycles. The molecule has 0 bridgehead atoms. The molecule has 36 heavy (non-hydrogen) atoms. The Kier molecular flexibility index (Phi) is 7.67. The first-order valence-electron chi connectivity index (χ1n) is 12.9. The number of hydrogen-bond donors (Lipinski definition) is 3. The van der Waals surface area contributed by atoms with E-state index in [1.165, 1.54) is 18.4 Å². The summed E-state index contributed by atoms with van der Waals surface area (Å²) in [5, 5.41) is 11.4. The number of imidazole rings is 1. The largest absolute Gasteiger partial charge is 0.481 e. The van der Waals surface area contributed by atoms with Crippen LogP contribution >= 0.6 is 0 Å². The van der Waals surface area contributed by atoms with E-state index < -0.39 is 5.97 Å². The number of rotatable bonds is 8. The van der Waals surface area contributed by atoms with Gasteiger partial charge < -0.3 is 20.3 Å². The van der Waals surface area contributed by atoms with Gasteiger partial charge in [-0.05, 0) is 79.3 Å². The fourth-order valence-corrected chi connectivity index (χ4v) is 5.22. The Balaban J connectivity index is 1.53. The number of H-pyrrole nitrogens is 1. The van der Waals surface area contributed by atoms with Gasteiger partial charge in [-0.25, -0.2) is 4.98 Å². The number of fused-ring (bicyclic) bond motifs is 1. The second-order valence-corrected chi connectivity index (χ2v) is 11.2. The highest BCUT2D eigenvalue weighted by Crippen LogP contribution is 2.40. The number of aromatic amines is 1. The van der Waals surface area contributed by atoms with Gasteiger partial charge in [-0.3, -0.25) is 9.59 Å². The molecule has 0 saturated heterocycles. The quantitative estimate of drug-likeness (QED) is 0.377. The van der Waals surface area contributed by atoms with Crippen LogP contribution in [0.25, 0.3) is 11.0 Å². The lowest BCUT2D eigenvalue weighted by atomic mass is 9.71. The summed E-state index contributed by atoms with van der Waals surface area (Å²) >= 11 is 0. The van der Waals surface area contributed by atoms with Gasteiger partial charge in [0.1, 0.15) is 0 Å². The van der Waals surface area contributed by atoms with Gasteiger partial charge in [0, 0.05) is 24.7 Å². The van der Waals surface area contributed by atoms with Gasteiger partial charge in [0.2, 0.25) is 5.95 Å². The molecule has 1 aliphatic carbocycles. The third kappa shape index (κ3) is 6.25. The van der Waals surface area contributed by atoms with E-state index >= 15 is 0 Å². The molecule has 1 amide bonds. The Hall–Kier alpha value is -3.35. The number of aromatic nitrogens is 2. The minimum absolute atomic E-state index is 0.0900. The highest BCUT2D eigenvalue weighted by Gasteiger charge is 2.33. The average molecular weight is 491 g/mol. The molecule has 1 aliphatic rings. The Morgan fingerprint density at radius 3 is 2.42 bits per heavy atom. The maximum absolute atomic E-state index is 12.3. The number of carbonyl (C=O) groups is 2. The standard InChI is InChI=1S/C29H38N4O3/c1-19-5-14-24-25(17-19)32-28(31-24)33(23-12-10-22(11-13-23)29(2,3)4)18-20-6-8-21(9-7-20)27(36)30-16-15-26(34)35/h5-9,14,17,22-23H,10-13,15-16,18H2,1-4H3,(H,30,36)(H,31,32)(H,34,35). The highest BCUT2D eigenvalue weighted by atomic mass is 16.4. The van der Waals surface area contributed by atoms with Gasteiger partial charge in [-0.1, -0.05) is 39.0 Å². The molecule has 1 saturated carbocycles. The number of anilines is 1. The van der Waals surface area contributed by atoms with E-state index in [0.29, 0.717) is 23.6 Å². The van der Waals surface area contributed by atoms with E-state index in [9.17, 15) is 9.59 Å². The van der Waals surface area contributed by atoms with E-state index in [2.05, 4.69) is 61.1 Å². The Bertz CT molecular complexity index is 1200. The zero-order valence-electron chi connectivity index (χ0n) is 21.8. The molecule has 0 unspecified atom stereocenters. The smallest absolute Gasteiger partial charge is 0.305 e. The van der Waals surface area contributed by atoms with Crippen LogP contribution in [0, 0.1) is 18.3 Å². The molecule has 1 heterocycles. The topological polar surface area (TPSA) is 98.3 Å². The predicted octanol–water partition coefficient (Wildman–Crippen LogP) is 5.69. The number of hydrogen-bond acceptors (Lipinski definition) is 4. The second kappa shape index (κ2) is 10.7. The van der Waals surface area contributed by atoms with Crippen molar-refractivity contribution in [3.05, 3.63) is 59.2 Å². The summed E-state index contributed by atoms with van der Waals surface area (Å²) in [6, 6.07) is 14.3. The zero-order valence-corrected chi connectivity index (χ0v) is 21.8. The maximum atomic E-state index is 12.3. The molecule has 3 aromatic rings. The number of aryl methyl sites for hydroxylation is 1. The number of amides is 1. The van der Waals surface area contributed by atoms with Gasteiger partial charge in [-0.2, -0.15) is 0 Å². The first-order valence-corrected chi connectivity index (χ1v) is 12.9. The van der Waals surface area contributed by atoms with Crippen LogP contribution in [0.1, 0.15) is 74.4 Å². The Morgan fingerprint density at radius 2 is 1.78 bits per heavy atom. The maximum Gasteiger partial charge on any atom is 0.305 e. The Labute approximate surface area is 213 Å². The molecular formula is C29H38N4O3. The van der Waals surface area contributed by atoms with E-state index in [1.807, 2.05) is 24.3 Å². The minimum Gasteiger partial charge on any atom is -0.481 e. The summed E-state index contributed by atoms with van der Waals surface area (Å²) < 4.78 is 0. The van der Waals surface area contributed by atoms with Gasteiger partial charge in [0.15, 0.2) is 0 Å². The molecule has 4 rings (SSSR count). The van der Waals surface area contributed by atoms with Crippen molar-refractivity contribution in [2.75, 3.05) is 11.4 Å². The third-order valence-electron chi connectivity index (χ3n) is 7.45. The highest BCUT2D eigenvalue weighted by molar-refractivity contribution is 5.94. The van der Waals surface area contributed by atoms with Crippen LogP contribution < -0.4 is 10.2 Å². The van der Waals surface area contributed by atoms with Crippen LogP contribution in [0.15, 0.2) is 42.5 Å². The molecule has 7 heteroatoms. The molecule has 0 atom stereocenters. The van der Waals surface area contributed by atoms with Crippen LogP contribution in [0.2, 0.25) is 0 Å². The van der Waals surface area contributed by atoms with Crippen molar-refractivity contribution in [3.8, 4) is 0 Å². The number of carboxylic acid groups (broad SMARTS) is 1. The monoisotopic (exact) mass is 490 g/mol. The fraction of sp³-hybridized carbons (Fsp3) is 0.483. The SMILES string of the molecule is Cc1ccc2nc(N(Cc3ccc(C(=O)NCCC(=O)O)cc3)C3CCC(C(C)(C)C)CC3)[nH]c2c1. The lowest BCUT2D eigenvalue weighted by Gasteiger charge is -2.41. The van der Waals surface area contributed by atoms with Crippen molar-refractivity contribution in [1.82, 2.24) is 15.3 Å². The van der Waals surface area contributed by atoms with Crippen LogP contribution in [0.4, 0.5) is 5.95 Å². The van der Waals surface area contributed by atoms with Crippen molar-refractivity contribution < 1.29 is 14.7 Å². The zero-order chi connectivity index (χ0) is 25.9. The first-order chi connectivity index (χ1) is 17.1. The summed E-state index contributed by atoms with van der Waals surface area (Å²) in [6.07, 6.45) is 4.58. The van der Waals surface area contributed by atoms with Crippen molar-refractivity contribution in [2.24, 2.45) is 11.3 Å². The van der Waals surface area contributed by atoms with Crippen molar-refractivity contribution in [1.29, 1.82) is 0 Å². The van der Waals surface area contributed by atoms with Crippen LogP contribution in [-0.4, -0.2) is 39.5 Å². The number of nitrogens with one attached hydrogen (secondary N) is 2. The van der Waals surface area contributed by atoms with Gasteiger partial charge >= 0.3 is 5.97 Å². The van der Waals surface area contributed by atoms with E-state index in [-0.39, 0.29) is 18.9 Å². The Morgan fingerprint density at radius 1 is 1.08 bits per heavy atom. The fourth-order valence-electron chi connectivity index (χ4n) is 5.22. The molecule has 3 N–H and O–H groups in total. The summed E-state index contributed by atoms with van der Waals surface area (Å²) in [5.74, 6) is 0.439. The van der Waals surface area contributed by atoms with E-state index in [1.54, 1.807) is 0 Å². The molecule has 2 aromatic carbocycles. The van der Waals surface area contributed by atoms with Crippen LogP contribution in [0.5, 0.6) is 0 Å². The van der Waals surface area contributed by atoms with Crippen LogP contribution in [0.3, 0.4) is 0 Å². The van der Waals surface area contributed by atoms with E-state index in [0.717, 1.165) is 41.3 Å². The third-order valence-corrected chi connectivity index (χ3v) is 7.45. The summed E-state index contributed by atoms with van der Waals surface area (Å²) in [4.78, 5) is 33.9. The predicted molar refractivity (Wildman–Crippen MR) is 143 cm³/mol. The summed E-state index contributed by atoms with van der Waals surface area (Å²) in [7, 11) is 0. The van der Waals surface area contributed by atoms with Gasteiger partial charge in [0.25, 0.3) is 5.91 Å². The normalized spacial score (nSPS) is 18.2. The molecule has 0 radical (unpaired) electrons. The molecule has 1 fully saturated rings. The molecule has 1 aromatic heterocycles. The number of benzene rings is 2. The first kappa shape index (κ1) is 25.7. The molecular weight excluding hydrogens is 452 g/mol. The minimum atomic E-state index is -0.928. The number of aliphatic carboxylic acids is 1. The number of nitrogens with zero attached hydrogens (tertiary/aromatic N) is 2. The van der Waals surface area contributed by atoms with Crippen molar-refractivity contribution in [2.45, 2.75) is 72.4 Å². The molecule has 192 valence electrons. The second-order valence-electron chi connectivity index (χ2n) is 11.2. The summed E-state index contributed by atoms with van der Waals surface area (Å²) in [6.45, 7) is 9.94. The average Bonchev–Trinajstić information content (AvgIpc) is 3.25. The van der Waals surface area contributed by atoms with E-state index in [4.69, 9.17) is 10.1 Å². The molecule has 7 nitrogen and oxygen atoms in total. The van der Waals surface area contributed by atoms with Crippen molar-refractivity contribution in [3.63, 3.8) is 0 Å². The van der Waals surface area contributed by atoms with Crippen molar-refractivity contribution >= 4 is 28.9 Å². The lowest BCUT2D eigenvalue weighted by molar-refractivity contribution is -0.136. The number of carbonyl (C=O) groups excluding carboxylic acids is 1.